The summed E-state index contributed by atoms with van der Waals surface area (Å²) in [5.74, 6) is -0.893. The van der Waals surface area contributed by atoms with Crippen LogP contribution >= 0.6 is 11.6 Å². The van der Waals surface area contributed by atoms with Crippen molar-refractivity contribution in [3.05, 3.63) is 106 Å². The lowest BCUT2D eigenvalue weighted by molar-refractivity contribution is -0.125. The molecule has 1 heterocycles. The van der Waals surface area contributed by atoms with Gasteiger partial charge in [0.05, 0.1) is 18.1 Å². The number of nitrogens with zero attached hydrogens (tertiary/aromatic N) is 1. The number of benzene rings is 3. The molecule has 3 aromatic rings. The van der Waals surface area contributed by atoms with Crippen molar-refractivity contribution in [3.63, 3.8) is 0 Å². The number of halogens is 1. The van der Waals surface area contributed by atoms with Crippen molar-refractivity contribution in [2.24, 2.45) is 0 Å². The molecular weight excluding hydrogens is 474 g/mol. The molecule has 3 aromatic carbocycles. The number of carbonyl (C=O) groups is 2. The van der Waals surface area contributed by atoms with Crippen LogP contribution in [0.5, 0.6) is 0 Å². The van der Waals surface area contributed by atoms with Gasteiger partial charge in [-0.25, -0.2) is 5.43 Å². The van der Waals surface area contributed by atoms with Gasteiger partial charge in [0.2, 0.25) is 5.91 Å². The normalized spacial score (nSPS) is 23.7. The molecule has 2 atom stereocenters. The number of aliphatic hydroxyl groups excluding tert-OH is 1. The third-order valence-electron chi connectivity index (χ3n) is 7.28. The van der Waals surface area contributed by atoms with E-state index in [0.29, 0.717) is 48.4 Å². The van der Waals surface area contributed by atoms with Crippen LogP contribution < -0.4 is 10.9 Å². The molecule has 0 saturated heterocycles. The first kappa shape index (κ1) is 24.5. The van der Waals surface area contributed by atoms with Gasteiger partial charge in [-0.3, -0.25) is 15.0 Å². The maximum absolute atomic E-state index is 13.9. The van der Waals surface area contributed by atoms with Gasteiger partial charge in [-0.2, -0.15) is 0 Å². The van der Waals surface area contributed by atoms with E-state index in [2.05, 4.69) is 10.9 Å². The van der Waals surface area contributed by atoms with Crippen molar-refractivity contribution >= 4 is 23.4 Å². The predicted octanol–water partition coefficient (Wildman–Crippen LogP) is 4.75. The summed E-state index contributed by atoms with van der Waals surface area (Å²) in [4.78, 5) is 29.6. The topological polar surface area (TPSA) is 81.7 Å². The summed E-state index contributed by atoms with van der Waals surface area (Å²) in [6.45, 7) is 0.482. The van der Waals surface area contributed by atoms with E-state index in [4.69, 9.17) is 11.6 Å². The van der Waals surface area contributed by atoms with Crippen molar-refractivity contribution in [3.8, 4) is 0 Å². The largest absolute Gasteiger partial charge is 0.393 e. The molecule has 2 aliphatic rings. The van der Waals surface area contributed by atoms with E-state index in [1.54, 1.807) is 18.2 Å². The number of hydrazine groups is 1. The Hall–Kier alpha value is -3.19. The van der Waals surface area contributed by atoms with Crippen LogP contribution in [0.2, 0.25) is 5.02 Å². The molecule has 0 bridgehead atoms. The number of nitrogens with one attached hydrogen (secondary N) is 2. The number of rotatable bonds is 6. The van der Waals surface area contributed by atoms with Crippen LogP contribution in [-0.2, 0) is 11.3 Å². The van der Waals surface area contributed by atoms with Crippen LogP contribution in [0.4, 0.5) is 0 Å². The van der Waals surface area contributed by atoms with Crippen LogP contribution in [0, 0.1) is 0 Å². The SMILES string of the molecule is O=C(NNCc1ccccc1)[C@@H]1c2ccccc2C(=O)N(C2CCC(O)CC2)[C@H]1c1ccc(Cl)cc1. The lowest BCUT2D eigenvalue weighted by atomic mass is 9.77. The monoisotopic (exact) mass is 503 g/mol. The summed E-state index contributed by atoms with van der Waals surface area (Å²) in [6, 6.07) is 24.1. The fraction of sp³-hybridized carbons (Fsp3) is 0.310. The van der Waals surface area contributed by atoms with Gasteiger partial charge in [-0.05, 0) is 60.6 Å². The van der Waals surface area contributed by atoms with Gasteiger partial charge in [0.1, 0.15) is 0 Å². The highest BCUT2D eigenvalue weighted by atomic mass is 35.5. The Balaban J connectivity index is 1.52. The zero-order valence-electron chi connectivity index (χ0n) is 19.9. The summed E-state index contributed by atoms with van der Waals surface area (Å²) in [5, 5.41) is 10.7. The molecule has 5 rings (SSSR count). The third-order valence-corrected chi connectivity index (χ3v) is 7.53. The van der Waals surface area contributed by atoms with Crippen LogP contribution in [-0.4, -0.2) is 34.0 Å². The molecule has 1 fully saturated rings. The van der Waals surface area contributed by atoms with Crippen LogP contribution in [0.15, 0.2) is 78.9 Å². The molecule has 0 unspecified atom stereocenters. The van der Waals surface area contributed by atoms with Crippen molar-refractivity contribution in [2.75, 3.05) is 0 Å². The fourth-order valence-corrected chi connectivity index (χ4v) is 5.62. The Labute approximate surface area is 216 Å². The smallest absolute Gasteiger partial charge is 0.254 e. The minimum absolute atomic E-state index is 0.0671. The Morgan fingerprint density at radius 1 is 0.917 bits per heavy atom. The van der Waals surface area contributed by atoms with E-state index in [0.717, 1.165) is 11.1 Å². The van der Waals surface area contributed by atoms with Crippen molar-refractivity contribution in [1.29, 1.82) is 0 Å². The van der Waals surface area contributed by atoms with Gasteiger partial charge in [-0.1, -0.05) is 72.3 Å². The molecular formula is C29H30ClN3O3. The molecule has 186 valence electrons. The number of hydrogen-bond acceptors (Lipinski definition) is 4. The molecule has 6 nitrogen and oxygen atoms in total. The second-order valence-electron chi connectivity index (χ2n) is 9.56. The summed E-state index contributed by atoms with van der Waals surface area (Å²) in [5.41, 5.74) is 9.15. The minimum atomic E-state index is -0.616. The molecule has 2 amide bonds. The van der Waals surface area contributed by atoms with Crippen LogP contribution in [0.1, 0.15) is 64.7 Å². The summed E-state index contributed by atoms with van der Waals surface area (Å²) >= 11 is 6.19. The zero-order valence-corrected chi connectivity index (χ0v) is 20.7. The summed E-state index contributed by atoms with van der Waals surface area (Å²) < 4.78 is 0. The third kappa shape index (κ3) is 5.03. The van der Waals surface area contributed by atoms with Gasteiger partial charge >= 0.3 is 0 Å². The molecule has 3 N–H and O–H groups in total. The Kier molecular flexibility index (Phi) is 7.37. The van der Waals surface area contributed by atoms with Crippen molar-refractivity contribution in [2.45, 2.75) is 56.3 Å². The second kappa shape index (κ2) is 10.8. The molecule has 1 aliphatic heterocycles. The molecule has 1 aliphatic carbocycles. The van der Waals surface area contributed by atoms with Gasteiger partial charge in [0.15, 0.2) is 0 Å². The Morgan fingerprint density at radius 2 is 1.58 bits per heavy atom. The second-order valence-corrected chi connectivity index (χ2v) is 10.0. The van der Waals surface area contributed by atoms with Gasteiger partial charge in [0, 0.05) is 23.2 Å². The standard InChI is InChI=1S/C29H30ClN3O3/c30-21-12-10-20(11-13-21)27-26(28(35)32-31-18-19-6-2-1-3-7-19)24-8-4-5-9-25(24)29(36)33(27)22-14-16-23(34)17-15-22/h1-13,22-23,26-27,31,34H,14-18H2,(H,32,35)/t22?,23?,26-,27+/m1/s1. The molecule has 1 saturated carbocycles. The van der Waals surface area contributed by atoms with Gasteiger partial charge < -0.3 is 10.0 Å². The number of carbonyl (C=O) groups excluding carboxylic acids is 2. The van der Waals surface area contributed by atoms with E-state index >= 15 is 0 Å². The maximum Gasteiger partial charge on any atom is 0.254 e. The van der Waals surface area contributed by atoms with Crippen molar-refractivity contribution in [1.82, 2.24) is 15.8 Å². The first-order valence-corrected chi connectivity index (χ1v) is 12.8. The first-order valence-electron chi connectivity index (χ1n) is 12.4. The molecule has 0 spiro atoms. The quantitative estimate of drug-likeness (QED) is 0.424. The van der Waals surface area contributed by atoms with Crippen LogP contribution in [0.25, 0.3) is 0 Å². The molecule has 7 heteroatoms. The number of fused-ring (bicyclic) bond motifs is 1. The fourth-order valence-electron chi connectivity index (χ4n) is 5.49. The van der Waals surface area contributed by atoms with E-state index in [9.17, 15) is 14.7 Å². The highest BCUT2D eigenvalue weighted by molar-refractivity contribution is 6.30. The average Bonchev–Trinajstić information content (AvgIpc) is 2.90. The minimum Gasteiger partial charge on any atom is -0.393 e. The van der Waals surface area contributed by atoms with E-state index in [1.807, 2.05) is 65.6 Å². The molecule has 36 heavy (non-hydrogen) atoms. The highest BCUT2D eigenvalue weighted by Gasteiger charge is 2.47. The number of aliphatic hydroxyl groups is 1. The predicted molar refractivity (Wildman–Crippen MR) is 139 cm³/mol. The molecule has 0 radical (unpaired) electrons. The lowest BCUT2D eigenvalue weighted by Crippen LogP contribution is -2.53. The highest BCUT2D eigenvalue weighted by Crippen LogP contribution is 2.45. The van der Waals surface area contributed by atoms with E-state index in [1.165, 1.54) is 0 Å². The first-order chi connectivity index (χ1) is 17.5. The van der Waals surface area contributed by atoms with Crippen molar-refractivity contribution < 1.29 is 14.7 Å². The number of hydrogen-bond donors (Lipinski definition) is 3. The van der Waals surface area contributed by atoms with Gasteiger partial charge in [0.25, 0.3) is 5.91 Å². The number of amides is 2. The molecule has 0 aromatic heterocycles. The van der Waals surface area contributed by atoms with Crippen LogP contribution in [0.3, 0.4) is 0 Å². The van der Waals surface area contributed by atoms with E-state index < -0.39 is 12.0 Å². The Bertz CT molecular complexity index is 1210. The summed E-state index contributed by atoms with van der Waals surface area (Å²) in [7, 11) is 0. The van der Waals surface area contributed by atoms with E-state index in [-0.39, 0.29) is 24.0 Å². The Morgan fingerprint density at radius 3 is 2.31 bits per heavy atom. The van der Waals surface area contributed by atoms with Gasteiger partial charge in [-0.15, -0.1) is 0 Å². The lowest BCUT2D eigenvalue weighted by Gasteiger charge is -2.47. The maximum atomic E-state index is 13.9. The average molecular weight is 504 g/mol. The zero-order chi connectivity index (χ0) is 25.1. The summed E-state index contributed by atoms with van der Waals surface area (Å²) in [6.07, 6.45) is 2.32.